The molecule has 0 radical (unpaired) electrons. The first-order valence-corrected chi connectivity index (χ1v) is 4.39. The molecule has 0 unspecified atom stereocenters. The van der Waals surface area contributed by atoms with Crippen LogP contribution in [0.1, 0.15) is 12.8 Å². The first-order valence-electron chi connectivity index (χ1n) is 4.39. The number of aliphatic carboxylic acids is 1. The molecular weight excluding hydrogens is 188 g/mol. The summed E-state index contributed by atoms with van der Waals surface area (Å²) in [7, 11) is 1.55. The second-order valence-corrected chi connectivity index (χ2v) is 2.67. The van der Waals surface area contributed by atoms with Crippen LogP contribution < -0.4 is 10.6 Å². The van der Waals surface area contributed by atoms with E-state index in [1.165, 1.54) is 0 Å². The highest BCUT2D eigenvalue weighted by atomic mass is 16.5. The van der Waals surface area contributed by atoms with E-state index in [1.54, 1.807) is 7.11 Å². The van der Waals surface area contributed by atoms with Gasteiger partial charge in [0.2, 0.25) is 0 Å². The van der Waals surface area contributed by atoms with Crippen LogP contribution in [0.4, 0.5) is 4.79 Å². The van der Waals surface area contributed by atoms with Gasteiger partial charge in [-0.3, -0.25) is 4.79 Å². The summed E-state index contributed by atoms with van der Waals surface area (Å²) in [6.45, 7) is 1.27. The average Bonchev–Trinajstić information content (AvgIpc) is 2.13. The number of urea groups is 1. The third-order valence-electron chi connectivity index (χ3n) is 1.44. The molecule has 3 N–H and O–H groups in total. The zero-order chi connectivity index (χ0) is 10.8. The van der Waals surface area contributed by atoms with Crippen molar-refractivity contribution in [3.63, 3.8) is 0 Å². The number of carbonyl (C=O) groups excluding carboxylic acids is 1. The third-order valence-corrected chi connectivity index (χ3v) is 1.44. The number of amides is 2. The second kappa shape index (κ2) is 8.31. The zero-order valence-electron chi connectivity index (χ0n) is 8.21. The number of methoxy groups -OCH3 is 1. The standard InChI is InChI=1S/C8H16N2O4/c1-14-6-5-10-8(13)9-4-2-3-7(11)12/h2-6H2,1H3,(H,11,12)(H2,9,10,13). The van der Waals surface area contributed by atoms with Gasteiger partial charge in [-0.25, -0.2) is 4.79 Å². The number of carboxylic acids is 1. The van der Waals surface area contributed by atoms with E-state index >= 15 is 0 Å². The van der Waals surface area contributed by atoms with Crippen molar-refractivity contribution in [1.29, 1.82) is 0 Å². The Bertz CT molecular complexity index is 184. The summed E-state index contributed by atoms with van der Waals surface area (Å²) in [5.41, 5.74) is 0. The van der Waals surface area contributed by atoms with Gasteiger partial charge in [0.15, 0.2) is 0 Å². The predicted molar refractivity (Wildman–Crippen MR) is 50.1 cm³/mol. The van der Waals surface area contributed by atoms with E-state index < -0.39 is 5.97 Å². The minimum absolute atomic E-state index is 0.0678. The lowest BCUT2D eigenvalue weighted by Gasteiger charge is -2.05. The molecule has 0 aromatic carbocycles. The fourth-order valence-corrected chi connectivity index (χ4v) is 0.771. The number of hydrogen-bond acceptors (Lipinski definition) is 3. The maximum absolute atomic E-state index is 10.9. The van der Waals surface area contributed by atoms with Crippen molar-refractivity contribution >= 4 is 12.0 Å². The lowest BCUT2D eigenvalue weighted by Crippen LogP contribution is -2.37. The summed E-state index contributed by atoms with van der Waals surface area (Å²) in [5.74, 6) is -0.855. The van der Waals surface area contributed by atoms with E-state index in [0.29, 0.717) is 26.1 Å². The first kappa shape index (κ1) is 12.7. The molecule has 0 atom stereocenters. The van der Waals surface area contributed by atoms with Crippen molar-refractivity contribution in [2.24, 2.45) is 0 Å². The van der Waals surface area contributed by atoms with Crippen molar-refractivity contribution in [3.05, 3.63) is 0 Å². The van der Waals surface area contributed by atoms with Gasteiger partial charge in [0.25, 0.3) is 0 Å². The minimum Gasteiger partial charge on any atom is -0.481 e. The van der Waals surface area contributed by atoms with E-state index in [4.69, 9.17) is 9.84 Å². The first-order chi connectivity index (χ1) is 6.66. The molecule has 0 aromatic heterocycles. The molecule has 0 heterocycles. The summed E-state index contributed by atoms with van der Waals surface area (Å²) in [6, 6.07) is -0.299. The highest BCUT2D eigenvalue weighted by Crippen LogP contribution is 1.85. The Morgan fingerprint density at radius 1 is 1.29 bits per heavy atom. The predicted octanol–water partition coefficient (Wildman–Crippen LogP) is -0.203. The van der Waals surface area contributed by atoms with Gasteiger partial charge in [-0.15, -0.1) is 0 Å². The largest absolute Gasteiger partial charge is 0.481 e. The van der Waals surface area contributed by atoms with Gasteiger partial charge in [0, 0.05) is 26.6 Å². The summed E-state index contributed by atoms with van der Waals surface area (Å²) in [6.07, 6.45) is 0.505. The lowest BCUT2D eigenvalue weighted by molar-refractivity contribution is -0.137. The highest BCUT2D eigenvalue weighted by Gasteiger charge is 1.99. The molecule has 82 valence electrons. The maximum Gasteiger partial charge on any atom is 0.314 e. The Labute approximate surface area is 82.6 Å². The normalized spacial score (nSPS) is 9.50. The fourth-order valence-electron chi connectivity index (χ4n) is 0.771. The van der Waals surface area contributed by atoms with Gasteiger partial charge < -0.3 is 20.5 Å². The number of carbonyl (C=O) groups is 2. The molecule has 14 heavy (non-hydrogen) atoms. The second-order valence-electron chi connectivity index (χ2n) is 2.67. The molecule has 6 nitrogen and oxygen atoms in total. The Morgan fingerprint density at radius 2 is 1.93 bits per heavy atom. The van der Waals surface area contributed by atoms with Crippen molar-refractivity contribution in [2.75, 3.05) is 26.8 Å². The minimum atomic E-state index is -0.855. The molecule has 0 saturated carbocycles. The number of hydrogen-bond donors (Lipinski definition) is 3. The van der Waals surface area contributed by atoms with Crippen LogP contribution in [0.2, 0.25) is 0 Å². The molecule has 0 spiro atoms. The van der Waals surface area contributed by atoms with Gasteiger partial charge in [0.05, 0.1) is 6.61 Å². The van der Waals surface area contributed by atoms with E-state index in [9.17, 15) is 9.59 Å². The van der Waals surface area contributed by atoms with Crippen LogP contribution in [-0.2, 0) is 9.53 Å². The monoisotopic (exact) mass is 204 g/mol. The van der Waals surface area contributed by atoms with Crippen LogP contribution in [-0.4, -0.2) is 43.9 Å². The molecule has 0 aliphatic heterocycles. The summed E-state index contributed by atoms with van der Waals surface area (Å²) in [4.78, 5) is 21.0. The number of rotatable bonds is 7. The summed E-state index contributed by atoms with van der Waals surface area (Å²) >= 11 is 0. The number of ether oxygens (including phenoxy) is 1. The third kappa shape index (κ3) is 8.79. The van der Waals surface area contributed by atoms with Crippen molar-refractivity contribution in [3.8, 4) is 0 Å². The fraction of sp³-hybridized carbons (Fsp3) is 0.750. The lowest BCUT2D eigenvalue weighted by atomic mass is 10.3. The van der Waals surface area contributed by atoms with Crippen LogP contribution in [0.3, 0.4) is 0 Å². The van der Waals surface area contributed by atoms with Gasteiger partial charge in [0.1, 0.15) is 0 Å². The Kier molecular flexibility index (Phi) is 7.53. The van der Waals surface area contributed by atoms with Crippen molar-refractivity contribution < 1.29 is 19.4 Å². The molecule has 0 fully saturated rings. The van der Waals surface area contributed by atoms with Crippen LogP contribution in [0.25, 0.3) is 0 Å². The zero-order valence-corrected chi connectivity index (χ0v) is 8.21. The van der Waals surface area contributed by atoms with Crippen LogP contribution in [0.5, 0.6) is 0 Å². The summed E-state index contributed by atoms with van der Waals surface area (Å²) in [5, 5.41) is 13.4. The van der Waals surface area contributed by atoms with E-state index in [-0.39, 0.29) is 12.5 Å². The topological polar surface area (TPSA) is 87.7 Å². The van der Waals surface area contributed by atoms with E-state index in [2.05, 4.69) is 10.6 Å². The number of nitrogens with one attached hydrogen (secondary N) is 2. The van der Waals surface area contributed by atoms with Gasteiger partial charge in [-0.05, 0) is 6.42 Å². The summed E-state index contributed by atoms with van der Waals surface area (Å²) < 4.78 is 4.73. The molecule has 0 bridgehead atoms. The molecule has 0 aliphatic carbocycles. The molecule has 0 aliphatic rings. The van der Waals surface area contributed by atoms with E-state index in [0.717, 1.165) is 0 Å². The van der Waals surface area contributed by atoms with Gasteiger partial charge >= 0.3 is 12.0 Å². The van der Waals surface area contributed by atoms with Gasteiger partial charge in [-0.1, -0.05) is 0 Å². The SMILES string of the molecule is COCCNC(=O)NCCCC(=O)O. The quantitative estimate of drug-likeness (QED) is 0.501. The van der Waals surface area contributed by atoms with Crippen molar-refractivity contribution in [2.45, 2.75) is 12.8 Å². The Morgan fingerprint density at radius 3 is 2.50 bits per heavy atom. The average molecular weight is 204 g/mol. The van der Waals surface area contributed by atoms with Crippen LogP contribution >= 0.6 is 0 Å². The molecule has 6 heteroatoms. The molecule has 0 saturated heterocycles. The highest BCUT2D eigenvalue weighted by molar-refractivity contribution is 5.73. The van der Waals surface area contributed by atoms with Crippen LogP contribution in [0.15, 0.2) is 0 Å². The van der Waals surface area contributed by atoms with Crippen LogP contribution in [0, 0.1) is 0 Å². The van der Waals surface area contributed by atoms with E-state index in [1.807, 2.05) is 0 Å². The van der Waals surface area contributed by atoms with Gasteiger partial charge in [-0.2, -0.15) is 0 Å². The Hall–Kier alpha value is -1.30. The molecular formula is C8H16N2O4. The van der Waals surface area contributed by atoms with Crippen molar-refractivity contribution in [1.82, 2.24) is 10.6 Å². The number of carboxylic acid groups (broad SMARTS) is 1. The molecule has 2 amide bonds. The Balaban J connectivity index is 3.22. The molecule has 0 aromatic rings. The molecule has 0 rings (SSSR count). The smallest absolute Gasteiger partial charge is 0.314 e. The maximum atomic E-state index is 10.9.